The molecular weight excluding hydrogens is 411 g/mol. The molecule has 1 saturated heterocycles. The van der Waals surface area contributed by atoms with Gasteiger partial charge in [-0.1, -0.05) is 30.1 Å². The molecule has 1 fully saturated rings. The van der Waals surface area contributed by atoms with E-state index in [2.05, 4.69) is 17.1 Å². The highest BCUT2D eigenvalue weighted by atomic mass is 35.5. The zero-order chi connectivity index (χ0) is 21.3. The van der Waals surface area contributed by atoms with E-state index in [9.17, 15) is 9.59 Å². The van der Waals surface area contributed by atoms with E-state index in [0.717, 1.165) is 36.2 Å². The van der Waals surface area contributed by atoms with Gasteiger partial charge in [0, 0.05) is 29.2 Å². The van der Waals surface area contributed by atoms with Gasteiger partial charge in [0.15, 0.2) is 12.2 Å². The van der Waals surface area contributed by atoms with E-state index in [0.29, 0.717) is 6.04 Å². The van der Waals surface area contributed by atoms with Crippen molar-refractivity contribution in [2.24, 2.45) is 0 Å². The maximum Gasteiger partial charge on any atom is 0.335 e. The topological polar surface area (TPSA) is 130 Å². The third-order valence-electron chi connectivity index (χ3n) is 4.17. The third-order valence-corrected chi connectivity index (χ3v) is 4.61. The number of carboxylic acid groups (broad SMARTS) is 2. The Morgan fingerprint density at radius 1 is 1.14 bits per heavy atom. The number of rotatable bonds is 8. The second-order valence-electron chi connectivity index (χ2n) is 6.46. The van der Waals surface area contributed by atoms with Crippen LogP contribution in [0.15, 0.2) is 18.2 Å². The molecule has 2 rings (SSSR count). The average molecular weight is 437 g/mol. The van der Waals surface area contributed by atoms with Gasteiger partial charge < -0.3 is 25.7 Å². The molecule has 0 bridgehead atoms. The fourth-order valence-corrected chi connectivity index (χ4v) is 3.41. The summed E-state index contributed by atoms with van der Waals surface area (Å²) in [5, 5.41) is 37.4. The molecular formula is C18H26Cl2N2O6. The highest BCUT2D eigenvalue weighted by molar-refractivity contribution is 6.34. The molecule has 1 aromatic carbocycles. The van der Waals surface area contributed by atoms with Gasteiger partial charge in [0.05, 0.1) is 0 Å². The van der Waals surface area contributed by atoms with E-state index in [4.69, 9.17) is 43.6 Å². The number of hydrogen-bond acceptors (Lipinski definition) is 6. The number of halogens is 2. The Bertz CT molecular complexity index is 617. The maximum atomic E-state index is 9.77. The van der Waals surface area contributed by atoms with Gasteiger partial charge in [0.1, 0.15) is 0 Å². The molecule has 5 N–H and O–H groups in total. The van der Waals surface area contributed by atoms with E-state index in [1.165, 1.54) is 18.4 Å². The average Bonchev–Trinajstić information content (AvgIpc) is 3.14. The number of benzene rings is 1. The van der Waals surface area contributed by atoms with Crippen LogP contribution in [0.4, 0.5) is 0 Å². The van der Waals surface area contributed by atoms with Crippen LogP contribution in [-0.4, -0.2) is 75.1 Å². The van der Waals surface area contributed by atoms with Crippen LogP contribution < -0.4 is 5.32 Å². The SMILES string of the molecule is CCCN(Cc1cc(Cl)cc(Cl)c1)[C@H]1CCNC1.O=C(O)[C@H](O)[C@@H](O)C(=O)O. The summed E-state index contributed by atoms with van der Waals surface area (Å²) in [5.74, 6) is -3.54. The van der Waals surface area contributed by atoms with Crippen molar-refractivity contribution in [2.45, 2.75) is 44.6 Å². The number of aliphatic carboxylic acids is 2. The number of carbonyl (C=O) groups is 2. The van der Waals surface area contributed by atoms with Crippen LogP contribution in [0.5, 0.6) is 0 Å². The number of aliphatic hydroxyl groups excluding tert-OH is 2. The molecule has 0 spiro atoms. The first-order valence-electron chi connectivity index (χ1n) is 8.87. The Balaban J connectivity index is 0.000000336. The van der Waals surface area contributed by atoms with Crippen molar-refractivity contribution in [3.05, 3.63) is 33.8 Å². The fourth-order valence-electron chi connectivity index (χ4n) is 2.84. The van der Waals surface area contributed by atoms with Gasteiger partial charge in [-0.15, -0.1) is 0 Å². The van der Waals surface area contributed by atoms with Crippen molar-refractivity contribution >= 4 is 35.1 Å². The lowest BCUT2D eigenvalue weighted by molar-refractivity contribution is -0.165. The Morgan fingerprint density at radius 2 is 1.68 bits per heavy atom. The minimum Gasteiger partial charge on any atom is -0.479 e. The molecule has 1 aromatic rings. The lowest BCUT2D eigenvalue weighted by Crippen LogP contribution is -2.39. The monoisotopic (exact) mass is 436 g/mol. The van der Waals surface area contributed by atoms with Crippen LogP contribution in [0, 0.1) is 0 Å². The van der Waals surface area contributed by atoms with Crippen LogP contribution in [0.25, 0.3) is 0 Å². The van der Waals surface area contributed by atoms with Crippen LogP contribution >= 0.6 is 23.2 Å². The second kappa shape index (κ2) is 12.2. The van der Waals surface area contributed by atoms with E-state index in [-0.39, 0.29) is 0 Å². The van der Waals surface area contributed by atoms with E-state index in [1.54, 1.807) is 6.07 Å². The number of nitrogens with one attached hydrogen (secondary N) is 1. The molecule has 3 atom stereocenters. The van der Waals surface area contributed by atoms with Crippen LogP contribution in [0.2, 0.25) is 10.0 Å². The van der Waals surface area contributed by atoms with Gasteiger partial charge >= 0.3 is 11.9 Å². The van der Waals surface area contributed by atoms with Gasteiger partial charge in [-0.05, 0) is 49.7 Å². The number of hydrogen-bond donors (Lipinski definition) is 5. The van der Waals surface area contributed by atoms with Crippen LogP contribution in [0.3, 0.4) is 0 Å². The number of nitrogens with zero attached hydrogens (tertiary/aromatic N) is 1. The molecule has 1 aliphatic rings. The van der Waals surface area contributed by atoms with Gasteiger partial charge in [-0.2, -0.15) is 0 Å². The van der Waals surface area contributed by atoms with Crippen molar-refractivity contribution in [3.63, 3.8) is 0 Å². The minimum absolute atomic E-state index is 0.641. The lowest BCUT2D eigenvalue weighted by atomic mass is 10.1. The number of aliphatic hydroxyl groups is 2. The van der Waals surface area contributed by atoms with Gasteiger partial charge in [0.25, 0.3) is 0 Å². The van der Waals surface area contributed by atoms with Crippen molar-refractivity contribution in [2.75, 3.05) is 19.6 Å². The van der Waals surface area contributed by atoms with Crippen molar-refractivity contribution in [1.82, 2.24) is 10.2 Å². The molecule has 158 valence electrons. The van der Waals surface area contributed by atoms with Crippen molar-refractivity contribution in [1.29, 1.82) is 0 Å². The Hall–Kier alpha value is -1.42. The normalized spacial score (nSPS) is 18.3. The third kappa shape index (κ3) is 8.30. The van der Waals surface area contributed by atoms with Crippen molar-refractivity contribution < 1.29 is 30.0 Å². The van der Waals surface area contributed by atoms with Crippen LogP contribution in [-0.2, 0) is 16.1 Å². The molecule has 0 radical (unpaired) electrons. The first-order chi connectivity index (χ1) is 13.1. The molecule has 0 aromatic heterocycles. The van der Waals surface area contributed by atoms with Gasteiger partial charge in [-0.25, -0.2) is 9.59 Å². The summed E-state index contributed by atoms with van der Waals surface area (Å²) in [6, 6.07) is 6.45. The number of carboxylic acids is 2. The maximum absolute atomic E-state index is 9.77. The summed E-state index contributed by atoms with van der Waals surface area (Å²) in [5.41, 5.74) is 1.20. The minimum atomic E-state index is -2.27. The zero-order valence-corrected chi connectivity index (χ0v) is 17.0. The summed E-state index contributed by atoms with van der Waals surface area (Å²) >= 11 is 12.1. The summed E-state index contributed by atoms with van der Waals surface area (Å²) in [6.45, 7) is 6.49. The van der Waals surface area contributed by atoms with Gasteiger partial charge in [-0.3, -0.25) is 4.90 Å². The van der Waals surface area contributed by atoms with E-state index in [1.807, 2.05) is 12.1 Å². The molecule has 0 amide bonds. The lowest BCUT2D eigenvalue weighted by Gasteiger charge is -2.28. The summed E-state index contributed by atoms with van der Waals surface area (Å²) in [7, 11) is 0. The quantitative estimate of drug-likeness (QED) is 0.413. The molecule has 0 unspecified atom stereocenters. The molecule has 1 heterocycles. The van der Waals surface area contributed by atoms with E-state index >= 15 is 0 Å². The molecule has 10 heteroatoms. The van der Waals surface area contributed by atoms with Crippen LogP contribution in [0.1, 0.15) is 25.3 Å². The standard InChI is InChI=1S/C14H20Cl2N2.C4H6O6/c1-2-5-18(14-3-4-17-9-14)10-11-6-12(15)8-13(16)7-11;5-1(3(7)8)2(6)4(9)10/h6-8,14,17H,2-5,9-10H2,1H3;1-2,5-6H,(H,7,8)(H,9,10)/t14-;1-,2-/m01/s1. The Labute approximate surface area is 173 Å². The van der Waals surface area contributed by atoms with E-state index < -0.39 is 24.1 Å². The molecule has 28 heavy (non-hydrogen) atoms. The smallest absolute Gasteiger partial charge is 0.335 e. The Morgan fingerprint density at radius 3 is 2.07 bits per heavy atom. The highest BCUT2D eigenvalue weighted by Crippen LogP contribution is 2.21. The first-order valence-corrected chi connectivity index (χ1v) is 9.62. The summed E-state index contributed by atoms with van der Waals surface area (Å²) < 4.78 is 0. The summed E-state index contributed by atoms with van der Waals surface area (Å²) in [6.07, 6.45) is -2.13. The summed E-state index contributed by atoms with van der Waals surface area (Å²) in [4.78, 5) is 22.1. The zero-order valence-electron chi connectivity index (χ0n) is 15.5. The highest BCUT2D eigenvalue weighted by Gasteiger charge is 2.29. The molecule has 0 aliphatic carbocycles. The first kappa shape index (κ1) is 24.6. The van der Waals surface area contributed by atoms with Crippen molar-refractivity contribution in [3.8, 4) is 0 Å². The fraction of sp³-hybridized carbons (Fsp3) is 0.556. The largest absolute Gasteiger partial charge is 0.479 e. The predicted octanol–water partition coefficient (Wildman–Crippen LogP) is 1.44. The van der Waals surface area contributed by atoms with Gasteiger partial charge in [0.2, 0.25) is 0 Å². The molecule has 1 aliphatic heterocycles. The predicted molar refractivity (Wildman–Crippen MR) is 106 cm³/mol. The molecule has 0 saturated carbocycles. The molecule has 8 nitrogen and oxygen atoms in total. The Kier molecular flexibility index (Phi) is 10.7. The second-order valence-corrected chi connectivity index (χ2v) is 7.33.